The van der Waals surface area contributed by atoms with E-state index in [-0.39, 0.29) is 34.8 Å². The lowest BCUT2D eigenvalue weighted by Gasteiger charge is -2.29. The Kier molecular flexibility index (Phi) is 12.7. The van der Waals surface area contributed by atoms with Gasteiger partial charge in [-0.3, -0.25) is 9.59 Å². The van der Waals surface area contributed by atoms with Crippen LogP contribution in [0.1, 0.15) is 98.6 Å². The minimum absolute atomic E-state index is 0.0202. The van der Waals surface area contributed by atoms with Gasteiger partial charge >= 0.3 is 0 Å². The van der Waals surface area contributed by atoms with Crippen LogP contribution >= 0.6 is 22.7 Å². The van der Waals surface area contributed by atoms with Crippen molar-refractivity contribution < 1.29 is 9.59 Å². The monoisotopic (exact) mass is 676 g/mol. The molecule has 4 heterocycles. The van der Waals surface area contributed by atoms with E-state index >= 15 is 0 Å². The lowest BCUT2D eigenvalue weighted by atomic mass is 9.98. The minimum atomic E-state index is -0.206. The summed E-state index contributed by atoms with van der Waals surface area (Å²) in [5.74, 6) is 0.0777. The molecule has 2 aliphatic heterocycles. The van der Waals surface area contributed by atoms with Gasteiger partial charge in [-0.15, -0.1) is 22.7 Å². The molecule has 0 radical (unpaired) electrons. The van der Waals surface area contributed by atoms with Crippen LogP contribution in [0.25, 0.3) is 23.5 Å². The minimum Gasteiger partial charge on any atom is -0.306 e. The Bertz CT molecular complexity index is 1680. The molecule has 0 aromatic carbocycles. The van der Waals surface area contributed by atoms with Crippen molar-refractivity contribution in [1.82, 2.24) is 9.80 Å². The molecule has 0 N–H and O–H groups in total. The average Bonchev–Trinajstić information content (AvgIpc) is 3.88. The average molecular weight is 677 g/mol. The summed E-state index contributed by atoms with van der Waals surface area (Å²) in [5, 5.41) is 37.4. The lowest BCUT2D eigenvalue weighted by molar-refractivity contribution is -0.124. The molecule has 2 aromatic rings. The molecule has 0 saturated heterocycles. The summed E-state index contributed by atoms with van der Waals surface area (Å²) in [5.41, 5.74) is 1.92. The topological polar surface area (TPSA) is 136 Å². The van der Waals surface area contributed by atoms with Gasteiger partial charge < -0.3 is 9.80 Å². The van der Waals surface area contributed by atoms with Crippen molar-refractivity contribution in [2.45, 2.75) is 79.1 Å². The Morgan fingerprint density at radius 1 is 0.667 bits per heavy atom. The highest BCUT2D eigenvalue weighted by Crippen LogP contribution is 2.49. The number of allylic oxidation sites excluding steroid dienone is 2. The summed E-state index contributed by atoms with van der Waals surface area (Å²) in [4.78, 5) is 35.8. The zero-order valence-corrected chi connectivity index (χ0v) is 29.6. The smallest absolute Gasteiger partial charge is 0.261 e. The number of carbonyl (C=O) groups excluding carboxylic acids is 2. The van der Waals surface area contributed by atoms with E-state index in [1.54, 1.807) is 9.80 Å². The number of fused-ring (bicyclic) bond motifs is 1. The van der Waals surface area contributed by atoms with Crippen LogP contribution in [0.3, 0.4) is 0 Å². The first-order valence-corrected chi connectivity index (χ1v) is 18.3. The number of hydrogen-bond acceptors (Lipinski definition) is 8. The summed E-state index contributed by atoms with van der Waals surface area (Å²) in [6.07, 6.45) is 10.9. The Labute approximate surface area is 291 Å². The summed E-state index contributed by atoms with van der Waals surface area (Å²) < 4.78 is 0. The van der Waals surface area contributed by atoms with Crippen molar-refractivity contribution in [3.63, 3.8) is 0 Å². The molecule has 0 bridgehead atoms. The van der Waals surface area contributed by atoms with Crippen LogP contribution in [0.4, 0.5) is 0 Å². The first-order chi connectivity index (χ1) is 23.3. The summed E-state index contributed by atoms with van der Waals surface area (Å²) in [7, 11) is 0. The van der Waals surface area contributed by atoms with Crippen molar-refractivity contribution in [2.24, 2.45) is 11.8 Å². The van der Waals surface area contributed by atoms with Gasteiger partial charge in [-0.25, -0.2) is 0 Å². The number of rotatable bonds is 16. The number of nitrogens with zero attached hydrogens (tertiary/aromatic N) is 6. The normalized spacial score (nSPS) is 15.1. The molecule has 0 saturated carbocycles. The van der Waals surface area contributed by atoms with E-state index in [1.165, 1.54) is 34.8 Å². The van der Waals surface area contributed by atoms with Gasteiger partial charge in [0.2, 0.25) is 0 Å². The molecule has 0 spiro atoms. The van der Waals surface area contributed by atoms with Crippen LogP contribution in [0.2, 0.25) is 0 Å². The van der Waals surface area contributed by atoms with Crippen molar-refractivity contribution in [2.75, 3.05) is 13.1 Å². The molecule has 0 fully saturated rings. The quantitative estimate of drug-likeness (QED) is 0.163. The molecular weight excluding hydrogens is 637 g/mol. The molecule has 2 aromatic heterocycles. The van der Waals surface area contributed by atoms with E-state index in [0.29, 0.717) is 45.4 Å². The first-order valence-electron chi connectivity index (χ1n) is 16.7. The van der Waals surface area contributed by atoms with Crippen LogP contribution in [-0.4, -0.2) is 34.7 Å². The van der Waals surface area contributed by atoms with Gasteiger partial charge in [0.1, 0.15) is 35.4 Å². The predicted octanol–water partition coefficient (Wildman–Crippen LogP) is 8.91. The Hall–Kier alpha value is -4.74. The van der Waals surface area contributed by atoms with Crippen LogP contribution < -0.4 is 0 Å². The van der Waals surface area contributed by atoms with Gasteiger partial charge in [0.25, 0.3) is 11.8 Å². The first kappa shape index (κ1) is 36.1. The van der Waals surface area contributed by atoms with Gasteiger partial charge in [0.15, 0.2) is 0 Å². The van der Waals surface area contributed by atoms with E-state index in [4.69, 9.17) is 0 Å². The van der Waals surface area contributed by atoms with Gasteiger partial charge in [-0.2, -0.15) is 21.0 Å². The van der Waals surface area contributed by atoms with E-state index in [0.717, 1.165) is 61.1 Å². The fraction of sp³-hybridized carbons (Fsp3) is 0.421. The number of nitriles is 4. The zero-order valence-electron chi connectivity index (χ0n) is 28.0. The van der Waals surface area contributed by atoms with Crippen molar-refractivity contribution in [3.05, 3.63) is 66.1 Å². The maximum absolute atomic E-state index is 14.7. The molecule has 4 rings (SSSR count). The molecule has 10 heteroatoms. The second-order valence-corrected chi connectivity index (χ2v) is 14.3. The predicted molar refractivity (Wildman–Crippen MR) is 191 cm³/mol. The Balaban J connectivity index is 1.96. The molecule has 2 atom stereocenters. The molecular formula is C38H40N6O2S2. The number of amides is 2. The standard InChI is InChI=1S/C38H40N6O2S2/c1-5-9-11-25(7-3)23-43-35(31-15-13-29(47-31)17-27(19-39)20-40)33-34(37(43)45)36(32-16-14-30(48-32)18-28(21-41)22-42)44(38(33)46)24-26(8-4)12-10-6-2/h13-18,25-26H,5-12,23-24H2,1-4H3. The summed E-state index contributed by atoms with van der Waals surface area (Å²) >= 11 is 2.70. The van der Waals surface area contributed by atoms with E-state index < -0.39 is 0 Å². The SMILES string of the molecule is CCCCC(CC)CN1C(=O)C2=C(c3ccc(C=C(C#N)C#N)s3)N(CC(CC)CCCC)C(=O)C2=C1c1ccc(C=C(C#N)C#N)s1. The van der Waals surface area contributed by atoms with Crippen LogP contribution in [0.15, 0.2) is 46.6 Å². The van der Waals surface area contributed by atoms with Crippen molar-refractivity contribution >= 4 is 58.0 Å². The maximum atomic E-state index is 14.7. The summed E-state index contributed by atoms with van der Waals surface area (Å²) in [6.45, 7) is 9.51. The maximum Gasteiger partial charge on any atom is 0.261 e. The molecule has 0 aliphatic carbocycles. The van der Waals surface area contributed by atoms with Crippen molar-refractivity contribution in [1.29, 1.82) is 21.0 Å². The fourth-order valence-corrected chi connectivity index (χ4v) is 8.21. The summed E-state index contributed by atoms with van der Waals surface area (Å²) in [6, 6.07) is 15.0. The lowest BCUT2D eigenvalue weighted by Crippen LogP contribution is -2.34. The van der Waals surface area contributed by atoms with Crippen LogP contribution in [0, 0.1) is 57.2 Å². The highest BCUT2D eigenvalue weighted by molar-refractivity contribution is 7.14. The molecule has 2 aliphatic rings. The fourth-order valence-electron chi connectivity index (χ4n) is 6.19. The number of carbonyl (C=O) groups is 2. The number of thiophene rings is 2. The molecule has 8 nitrogen and oxygen atoms in total. The third kappa shape index (κ3) is 7.69. The van der Waals surface area contributed by atoms with E-state index in [2.05, 4.69) is 27.7 Å². The van der Waals surface area contributed by atoms with Crippen LogP contribution in [0.5, 0.6) is 0 Å². The number of unbranched alkanes of at least 4 members (excludes halogenated alkanes) is 2. The zero-order chi connectivity index (χ0) is 34.8. The largest absolute Gasteiger partial charge is 0.306 e. The van der Waals surface area contributed by atoms with Crippen LogP contribution in [-0.2, 0) is 9.59 Å². The highest BCUT2D eigenvalue weighted by atomic mass is 32.1. The van der Waals surface area contributed by atoms with E-state index in [1.807, 2.05) is 48.5 Å². The van der Waals surface area contributed by atoms with Gasteiger partial charge in [-0.05, 0) is 61.1 Å². The third-order valence-electron chi connectivity index (χ3n) is 8.92. The van der Waals surface area contributed by atoms with Gasteiger partial charge in [0.05, 0.1) is 32.3 Å². The molecule has 48 heavy (non-hydrogen) atoms. The number of hydrogen-bond donors (Lipinski definition) is 0. The highest BCUT2D eigenvalue weighted by Gasteiger charge is 2.50. The van der Waals surface area contributed by atoms with E-state index in [9.17, 15) is 30.6 Å². The second kappa shape index (κ2) is 16.9. The Morgan fingerprint density at radius 2 is 1.04 bits per heavy atom. The third-order valence-corrected chi connectivity index (χ3v) is 11.0. The Morgan fingerprint density at radius 3 is 1.35 bits per heavy atom. The van der Waals surface area contributed by atoms with Gasteiger partial charge in [-0.1, -0.05) is 66.2 Å². The van der Waals surface area contributed by atoms with Gasteiger partial charge in [0, 0.05) is 22.8 Å². The second-order valence-electron chi connectivity index (χ2n) is 12.1. The molecule has 246 valence electrons. The molecule has 2 unspecified atom stereocenters. The van der Waals surface area contributed by atoms with Crippen molar-refractivity contribution in [3.8, 4) is 24.3 Å². The molecule has 2 amide bonds.